The lowest BCUT2D eigenvalue weighted by atomic mass is 10.2. The molecule has 0 aliphatic heterocycles. The molecule has 28 heavy (non-hydrogen) atoms. The molecule has 140 valence electrons. The normalized spacial score (nSPS) is 10.9. The highest BCUT2D eigenvalue weighted by molar-refractivity contribution is 7.99. The molecule has 4 aromatic rings. The summed E-state index contributed by atoms with van der Waals surface area (Å²) < 4.78 is 1.85. The Bertz CT molecular complexity index is 1160. The van der Waals surface area contributed by atoms with Gasteiger partial charge in [0.25, 0.3) is 0 Å². The smallest absolute Gasteiger partial charge is 0.312 e. The minimum atomic E-state index is -0.557. The summed E-state index contributed by atoms with van der Waals surface area (Å²) in [6, 6.07) is 18.1. The average Bonchev–Trinajstić information content (AvgIpc) is 3.11. The number of rotatable bonds is 5. The highest BCUT2D eigenvalue weighted by Crippen LogP contribution is 2.32. The Labute approximate surface area is 165 Å². The first kappa shape index (κ1) is 17.9. The number of nitrogens with zero attached hydrogens (tertiary/aromatic N) is 3. The van der Waals surface area contributed by atoms with Crippen molar-refractivity contribution in [2.75, 3.05) is 0 Å². The van der Waals surface area contributed by atoms with Crippen LogP contribution in [0.25, 0.3) is 17.0 Å². The number of hydrogen-bond acceptors (Lipinski definition) is 5. The Morgan fingerprint density at radius 2 is 1.86 bits per heavy atom. The number of nitrogens with one attached hydrogen (secondary N) is 1. The monoisotopic (exact) mass is 391 g/mol. The van der Waals surface area contributed by atoms with Gasteiger partial charge in [0, 0.05) is 22.5 Å². The van der Waals surface area contributed by atoms with E-state index in [1.165, 1.54) is 0 Å². The maximum absolute atomic E-state index is 11.0. The van der Waals surface area contributed by atoms with E-state index in [0.29, 0.717) is 23.6 Å². The number of aromatic nitrogens is 3. The number of phenols is 1. The van der Waals surface area contributed by atoms with Crippen molar-refractivity contribution in [2.45, 2.75) is 16.3 Å². The van der Waals surface area contributed by atoms with Gasteiger partial charge in [-0.05, 0) is 35.9 Å². The minimum absolute atomic E-state index is 0.151. The summed E-state index contributed by atoms with van der Waals surface area (Å²) in [6.07, 6.45) is 1.93. The fraction of sp³-hybridized carbons (Fsp3) is 0.0500. The van der Waals surface area contributed by atoms with E-state index in [-0.39, 0.29) is 5.75 Å². The second-order valence-electron chi connectivity index (χ2n) is 6.06. The van der Waals surface area contributed by atoms with Crippen LogP contribution in [-0.4, -0.2) is 25.7 Å². The molecule has 0 radical (unpaired) electrons. The molecule has 4 rings (SSSR count). The SMILES string of the molecule is NC(=O)NCc1ccccc1Sc1ccc2nnc(-c3ccccc3O)n2c1. The van der Waals surface area contributed by atoms with Crippen molar-refractivity contribution in [1.82, 2.24) is 19.9 Å². The van der Waals surface area contributed by atoms with Gasteiger partial charge >= 0.3 is 6.03 Å². The van der Waals surface area contributed by atoms with E-state index in [4.69, 9.17) is 5.73 Å². The van der Waals surface area contributed by atoms with Crippen LogP contribution in [0, 0.1) is 0 Å². The maximum atomic E-state index is 11.0. The Balaban J connectivity index is 1.69. The number of amides is 2. The third kappa shape index (κ3) is 3.63. The van der Waals surface area contributed by atoms with Crippen molar-refractivity contribution in [3.63, 3.8) is 0 Å². The number of benzene rings is 2. The zero-order chi connectivity index (χ0) is 19.5. The second-order valence-corrected chi connectivity index (χ2v) is 7.18. The number of para-hydroxylation sites is 1. The highest BCUT2D eigenvalue weighted by atomic mass is 32.2. The molecular formula is C20H17N5O2S. The molecule has 0 spiro atoms. The largest absolute Gasteiger partial charge is 0.507 e. The molecule has 0 aliphatic carbocycles. The van der Waals surface area contributed by atoms with E-state index < -0.39 is 6.03 Å². The Morgan fingerprint density at radius 1 is 1.07 bits per heavy atom. The summed E-state index contributed by atoms with van der Waals surface area (Å²) in [5.74, 6) is 0.719. The number of primary amides is 1. The first-order valence-corrected chi connectivity index (χ1v) is 9.35. The van der Waals surface area contributed by atoms with Gasteiger partial charge in [0.05, 0.1) is 5.56 Å². The quantitative estimate of drug-likeness (QED) is 0.483. The van der Waals surface area contributed by atoms with E-state index in [9.17, 15) is 9.90 Å². The molecule has 0 aliphatic rings. The van der Waals surface area contributed by atoms with Gasteiger partial charge in [-0.2, -0.15) is 0 Å². The number of pyridine rings is 1. The van der Waals surface area contributed by atoms with Crippen molar-refractivity contribution in [3.8, 4) is 17.1 Å². The highest BCUT2D eigenvalue weighted by Gasteiger charge is 2.13. The van der Waals surface area contributed by atoms with Crippen LogP contribution in [0.2, 0.25) is 0 Å². The molecular weight excluding hydrogens is 374 g/mol. The second kappa shape index (κ2) is 7.61. The van der Waals surface area contributed by atoms with Crippen LogP contribution >= 0.6 is 11.8 Å². The summed E-state index contributed by atoms with van der Waals surface area (Å²) in [5, 5.41) is 21.2. The fourth-order valence-corrected chi connectivity index (χ4v) is 3.80. The predicted molar refractivity (Wildman–Crippen MR) is 107 cm³/mol. The van der Waals surface area contributed by atoms with E-state index in [2.05, 4.69) is 15.5 Å². The van der Waals surface area contributed by atoms with Gasteiger partial charge in [0.1, 0.15) is 5.75 Å². The van der Waals surface area contributed by atoms with Crippen LogP contribution in [0.3, 0.4) is 0 Å². The van der Waals surface area contributed by atoms with Crippen molar-refractivity contribution in [2.24, 2.45) is 5.73 Å². The molecule has 0 atom stereocenters. The molecule has 0 unspecified atom stereocenters. The molecule has 0 bridgehead atoms. The Morgan fingerprint density at radius 3 is 2.68 bits per heavy atom. The number of nitrogens with two attached hydrogens (primary N) is 1. The van der Waals surface area contributed by atoms with Crippen LogP contribution in [0.1, 0.15) is 5.56 Å². The number of fused-ring (bicyclic) bond motifs is 1. The Hall–Kier alpha value is -3.52. The van der Waals surface area contributed by atoms with Crippen LogP contribution in [0.4, 0.5) is 4.79 Å². The summed E-state index contributed by atoms with van der Waals surface area (Å²) in [5.41, 5.74) is 7.45. The molecule has 2 aromatic carbocycles. The third-order valence-electron chi connectivity index (χ3n) is 4.17. The summed E-state index contributed by atoms with van der Waals surface area (Å²) in [7, 11) is 0. The molecule has 0 saturated carbocycles. The van der Waals surface area contributed by atoms with Crippen molar-refractivity contribution < 1.29 is 9.90 Å². The summed E-state index contributed by atoms with van der Waals surface area (Å²) in [6.45, 7) is 0.358. The van der Waals surface area contributed by atoms with Crippen LogP contribution in [0.5, 0.6) is 5.75 Å². The van der Waals surface area contributed by atoms with Crippen molar-refractivity contribution in [3.05, 3.63) is 72.4 Å². The third-order valence-corrected chi connectivity index (χ3v) is 5.27. The van der Waals surface area contributed by atoms with Crippen LogP contribution in [-0.2, 0) is 6.54 Å². The average molecular weight is 391 g/mol. The van der Waals surface area contributed by atoms with E-state index >= 15 is 0 Å². The lowest BCUT2D eigenvalue weighted by molar-refractivity contribution is 0.248. The number of carbonyl (C=O) groups excluding carboxylic acids is 1. The van der Waals surface area contributed by atoms with E-state index in [0.717, 1.165) is 15.4 Å². The van der Waals surface area contributed by atoms with Crippen molar-refractivity contribution >= 4 is 23.4 Å². The molecule has 4 N–H and O–H groups in total. The van der Waals surface area contributed by atoms with E-state index in [1.54, 1.807) is 30.0 Å². The molecule has 2 heterocycles. The number of carbonyl (C=O) groups is 1. The van der Waals surface area contributed by atoms with Gasteiger partial charge < -0.3 is 16.2 Å². The number of phenolic OH excluding ortho intramolecular Hbond substituents is 1. The minimum Gasteiger partial charge on any atom is -0.507 e. The number of hydrogen-bond donors (Lipinski definition) is 3. The molecule has 2 amide bonds. The number of urea groups is 1. The topological polar surface area (TPSA) is 106 Å². The summed E-state index contributed by atoms with van der Waals surface area (Å²) in [4.78, 5) is 13.0. The van der Waals surface area contributed by atoms with Crippen molar-refractivity contribution in [1.29, 1.82) is 0 Å². The fourth-order valence-electron chi connectivity index (χ4n) is 2.84. The first-order valence-electron chi connectivity index (χ1n) is 8.54. The Kier molecular flexibility index (Phi) is 4.86. The van der Waals surface area contributed by atoms with Gasteiger partial charge in [-0.25, -0.2) is 4.79 Å². The van der Waals surface area contributed by atoms with Gasteiger partial charge in [-0.1, -0.05) is 42.1 Å². The van der Waals surface area contributed by atoms with Gasteiger partial charge in [0.15, 0.2) is 11.5 Å². The molecule has 2 aromatic heterocycles. The van der Waals surface area contributed by atoms with Gasteiger partial charge in [-0.3, -0.25) is 4.40 Å². The molecule has 8 heteroatoms. The van der Waals surface area contributed by atoms with Gasteiger partial charge in [-0.15, -0.1) is 10.2 Å². The summed E-state index contributed by atoms with van der Waals surface area (Å²) >= 11 is 1.56. The lowest BCUT2D eigenvalue weighted by Gasteiger charge is -2.10. The predicted octanol–water partition coefficient (Wildman–Crippen LogP) is 3.42. The van der Waals surface area contributed by atoms with E-state index in [1.807, 2.05) is 53.1 Å². The van der Waals surface area contributed by atoms with Gasteiger partial charge in [0.2, 0.25) is 0 Å². The molecule has 7 nitrogen and oxygen atoms in total. The maximum Gasteiger partial charge on any atom is 0.312 e. The lowest BCUT2D eigenvalue weighted by Crippen LogP contribution is -2.28. The van der Waals surface area contributed by atoms with Crippen LogP contribution in [0.15, 0.2) is 76.7 Å². The molecule has 0 fully saturated rings. The number of aromatic hydroxyl groups is 1. The first-order chi connectivity index (χ1) is 13.6. The van der Waals surface area contributed by atoms with Crippen LogP contribution < -0.4 is 11.1 Å². The zero-order valence-electron chi connectivity index (χ0n) is 14.7. The molecule has 0 saturated heterocycles. The zero-order valence-corrected chi connectivity index (χ0v) is 15.6. The standard InChI is InChI=1S/C20H17N5O2S/c21-20(27)22-11-13-5-1-4-8-17(13)28-14-9-10-18-23-24-19(25(18)12-14)15-6-2-3-7-16(15)26/h1-10,12,26H,11H2,(H3,21,22,27).